The second kappa shape index (κ2) is 6.70. The number of methoxy groups -OCH3 is 1. The first-order valence-corrected chi connectivity index (χ1v) is 7.16. The van der Waals surface area contributed by atoms with E-state index in [1.807, 2.05) is 6.07 Å². The molecule has 1 aromatic carbocycles. The van der Waals surface area contributed by atoms with E-state index < -0.39 is 0 Å². The van der Waals surface area contributed by atoms with Gasteiger partial charge in [0, 0.05) is 18.7 Å². The van der Waals surface area contributed by atoms with E-state index in [1.165, 1.54) is 38.9 Å². The molecule has 1 atom stereocenters. The van der Waals surface area contributed by atoms with Crippen LogP contribution in [0.2, 0.25) is 0 Å². The van der Waals surface area contributed by atoms with E-state index in [1.54, 1.807) is 6.07 Å². The monoisotopic (exact) mass is 278 g/mol. The number of nitrogens with one attached hydrogen (secondary N) is 1. The maximum absolute atomic E-state index is 10.9. The molecule has 1 aromatic rings. The first kappa shape index (κ1) is 14.8. The fourth-order valence-corrected chi connectivity index (χ4v) is 2.87. The summed E-state index contributed by atoms with van der Waals surface area (Å²) >= 11 is 0. The predicted molar refractivity (Wildman–Crippen MR) is 77.9 cm³/mol. The molecule has 0 aliphatic heterocycles. The molecule has 0 unspecified atom stereocenters. The van der Waals surface area contributed by atoms with Gasteiger partial charge >= 0.3 is 0 Å². The normalized spacial score (nSPS) is 17.1. The van der Waals surface area contributed by atoms with Crippen molar-refractivity contribution < 1.29 is 9.66 Å². The Bertz CT molecular complexity index is 470. The summed E-state index contributed by atoms with van der Waals surface area (Å²) in [5, 5.41) is 14.4. The molecule has 2 rings (SSSR count). The van der Waals surface area contributed by atoms with E-state index in [9.17, 15) is 10.1 Å². The fraction of sp³-hybridized carbons (Fsp3) is 0.600. The summed E-state index contributed by atoms with van der Waals surface area (Å²) < 4.78 is 5.12. The molecule has 20 heavy (non-hydrogen) atoms. The van der Waals surface area contributed by atoms with Crippen LogP contribution in [-0.4, -0.2) is 18.1 Å². The zero-order chi connectivity index (χ0) is 14.5. The van der Waals surface area contributed by atoms with Gasteiger partial charge in [0.15, 0.2) is 0 Å². The van der Waals surface area contributed by atoms with E-state index in [0.29, 0.717) is 18.3 Å². The van der Waals surface area contributed by atoms with E-state index in [-0.39, 0.29) is 10.6 Å². The quantitative estimate of drug-likeness (QED) is 0.640. The van der Waals surface area contributed by atoms with Crippen molar-refractivity contribution in [2.75, 3.05) is 7.11 Å². The van der Waals surface area contributed by atoms with Crippen molar-refractivity contribution in [1.29, 1.82) is 0 Å². The Morgan fingerprint density at radius 2 is 2.10 bits per heavy atom. The molecule has 1 aliphatic carbocycles. The Morgan fingerprint density at radius 1 is 1.40 bits per heavy atom. The molecule has 1 fully saturated rings. The summed E-state index contributed by atoms with van der Waals surface area (Å²) in [5.41, 5.74) is 0.968. The minimum atomic E-state index is -0.383. The van der Waals surface area contributed by atoms with Crippen LogP contribution >= 0.6 is 0 Å². The Hall–Kier alpha value is -1.62. The van der Waals surface area contributed by atoms with Crippen LogP contribution in [0.3, 0.4) is 0 Å². The Morgan fingerprint density at radius 3 is 2.70 bits per heavy atom. The van der Waals surface area contributed by atoms with Crippen LogP contribution in [0.1, 0.15) is 38.2 Å². The van der Waals surface area contributed by atoms with Gasteiger partial charge in [-0.1, -0.05) is 12.8 Å². The number of nitro benzene ring substituents is 1. The molecule has 0 aromatic heterocycles. The van der Waals surface area contributed by atoms with E-state index in [4.69, 9.17) is 4.74 Å². The van der Waals surface area contributed by atoms with Gasteiger partial charge in [-0.3, -0.25) is 10.1 Å². The van der Waals surface area contributed by atoms with Gasteiger partial charge in [-0.25, -0.2) is 0 Å². The lowest BCUT2D eigenvalue weighted by Gasteiger charge is -2.20. The van der Waals surface area contributed by atoms with Crippen LogP contribution in [0.15, 0.2) is 18.2 Å². The molecule has 5 nitrogen and oxygen atoms in total. The van der Waals surface area contributed by atoms with Gasteiger partial charge in [-0.15, -0.1) is 0 Å². The number of ether oxygens (including phenoxy) is 1. The van der Waals surface area contributed by atoms with Gasteiger partial charge in [0.25, 0.3) is 5.69 Å². The summed E-state index contributed by atoms with van der Waals surface area (Å²) in [7, 11) is 1.53. The van der Waals surface area contributed by atoms with Gasteiger partial charge in [0.1, 0.15) is 5.75 Å². The van der Waals surface area contributed by atoms with Crippen LogP contribution < -0.4 is 10.1 Å². The molecular formula is C15H22N2O3. The Labute approximate surface area is 119 Å². The molecule has 1 aliphatic rings. The van der Waals surface area contributed by atoms with Gasteiger partial charge in [-0.2, -0.15) is 0 Å². The smallest absolute Gasteiger partial charge is 0.273 e. The van der Waals surface area contributed by atoms with E-state index in [0.717, 1.165) is 11.5 Å². The SMILES string of the molecule is COc1cc(CN[C@@H](C)C2CCCC2)cc([N+](=O)[O-])c1. The van der Waals surface area contributed by atoms with Crippen molar-refractivity contribution >= 4 is 5.69 Å². The molecule has 0 saturated heterocycles. The number of rotatable bonds is 6. The van der Waals surface area contributed by atoms with Crippen LogP contribution in [0, 0.1) is 16.0 Å². The van der Waals surface area contributed by atoms with Crippen LogP contribution in [-0.2, 0) is 6.54 Å². The Balaban J connectivity index is 2.00. The average molecular weight is 278 g/mol. The van der Waals surface area contributed by atoms with Crippen molar-refractivity contribution in [2.24, 2.45) is 5.92 Å². The third-order valence-electron chi connectivity index (χ3n) is 4.13. The highest BCUT2D eigenvalue weighted by Crippen LogP contribution is 2.28. The molecule has 0 spiro atoms. The number of hydrogen-bond acceptors (Lipinski definition) is 4. The summed E-state index contributed by atoms with van der Waals surface area (Å²) in [5.74, 6) is 1.26. The van der Waals surface area contributed by atoms with Gasteiger partial charge in [-0.05, 0) is 37.3 Å². The van der Waals surface area contributed by atoms with Crippen molar-refractivity contribution in [3.05, 3.63) is 33.9 Å². The van der Waals surface area contributed by atoms with Crippen molar-refractivity contribution in [1.82, 2.24) is 5.32 Å². The van der Waals surface area contributed by atoms with Crippen LogP contribution in [0.25, 0.3) is 0 Å². The molecule has 5 heteroatoms. The predicted octanol–water partition coefficient (Wildman–Crippen LogP) is 3.27. The van der Waals surface area contributed by atoms with Crippen molar-refractivity contribution in [2.45, 2.75) is 45.2 Å². The standard InChI is InChI=1S/C15H22N2O3/c1-11(13-5-3-4-6-13)16-10-12-7-14(17(18)19)9-15(8-12)20-2/h7-9,11,13,16H,3-6,10H2,1-2H3/t11-/m0/s1. The van der Waals surface area contributed by atoms with Gasteiger partial charge in [0.2, 0.25) is 0 Å². The molecule has 0 heterocycles. The third-order valence-corrected chi connectivity index (χ3v) is 4.13. The molecule has 0 bridgehead atoms. The fourth-order valence-electron chi connectivity index (χ4n) is 2.87. The second-order valence-corrected chi connectivity index (χ2v) is 5.51. The largest absolute Gasteiger partial charge is 0.496 e. The second-order valence-electron chi connectivity index (χ2n) is 5.51. The molecule has 110 valence electrons. The van der Waals surface area contributed by atoms with Gasteiger partial charge in [0.05, 0.1) is 18.1 Å². The topological polar surface area (TPSA) is 64.4 Å². The maximum atomic E-state index is 10.9. The number of benzene rings is 1. The first-order valence-electron chi connectivity index (χ1n) is 7.16. The summed E-state index contributed by atoms with van der Waals surface area (Å²) in [6, 6.07) is 5.35. The van der Waals surface area contributed by atoms with Crippen molar-refractivity contribution in [3.63, 3.8) is 0 Å². The Kier molecular flexibility index (Phi) is 4.95. The van der Waals surface area contributed by atoms with E-state index >= 15 is 0 Å². The van der Waals surface area contributed by atoms with Crippen LogP contribution in [0.5, 0.6) is 5.75 Å². The average Bonchev–Trinajstić information content (AvgIpc) is 2.98. The lowest BCUT2D eigenvalue weighted by molar-refractivity contribution is -0.385. The van der Waals surface area contributed by atoms with Crippen molar-refractivity contribution in [3.8, 4) is 5.75 Å². The maximum Gasteiger partial charge on any atom is 0.273 e. The highest BCUT2D eigenvalue weighted by Gasteiger charge is 2.21. The highest BCUT2D eigenvalue weighted by atomic mass is 16.6. The van der Waals surface area contributed by atoms with Gasteiger partial charge < -0.3 is 10.1 Å². The minimum Gasteiger partial charge on any atom is -0.496 e. The molecular weight excluding hydrogens is 256 g/mol. The number of non-ortho nitro benzene ring substituents is 1. The molecule has 0 radical (unpaired) electrons. The summed E-state index contributed by atoms with van der Waals surface area (Å²) in [6.07, 6.45) is 5.21. The highest BCUT2D eigenvalue weighted by molar-refractivity contribution is 5.42. The number of nitrogens with zero attached hydrogens (tertiary/aromatic N) is 1. The lowest BCUT2D eigenvalue weighted by atomic mass is 9.99. The first-order chi connectivity index (χ1) is 9.60. The minimum absolute atomic E-state index is 0.0784. The molecule has 1 N–H and O–H groups in total. The number of nitro groups is 1. The zero-order valence-corrected chi connectivity index (χ0v) is 12.1. The lowest BCUT2D eigenvalue weighted by Crippen LogP contribution is -2.31. The zero-order valence-electron chi connectivity index (χ0n) is 12.1. The molecule has 1 saturated carbocycles. The number of hydrogen-bond donors (Lipinski definition) is 1. The van der Waals surface area contributed by atoms with E-state index in [2.05, 4.69) is 12.2 Å². The summed E-state index contributed by atoms with van der Waals surface area (Å²) in [4.78, 5) is 10.5. The third kappa shape index (κ3) is 3.70. The van der Waals surface area contributed by atoms with Crippen LogP contribution in [0.4, 0.5) is 5.69 Å². The summed E-state index contributed by atoms with van der Waals surface area (Å²) in [6.45, 7) is 2.83. The molecule has 0 amide bonds.